The first-order valence-corrected chi connectivity index (χ1v) is 4.17. The summed E-state index contributed by atoms with van der Waals surface area (Å²) < 4.78 is 8.72. The number of rotatable bonds is 5. The van der Waals surface area contributed by atoms with Crippen molar-refractivity contribution in [1.82, 2.24) is 0 Å². The van der Waals surface area contributed by atoms with Gasteiger partial charge in [0.05, 0.1) is 20.6 Å². The fourth-order valence-corrected chi connectivity index (χ4v) is 0.836. The maximum atomic E-state index is 11.3. The lowest BCUT2D eigenvalue weighted by Gasteiger charge is -2.07. The number of methoxy groups -OCH3 is 2. The van der Waals surface area contributed by atoms with Crippen LogP contribution >= 0.6 is 0 Å². The second-order valence-corrected chi connectivity index (χ2v) is 2.90. The van der Waals surface area contributed by atoms with E-state index in [2.05, 4.69) is 9.47 Å². The molecular formula is C9H14O5. The molecule has 0 rings (SSSR count). The van der Waals surface area contributed by atoms with Gasteiger partial charge in [-0.05, 0) is 0 Å². The number of ether oxygens (including phenoxy) is 2. The standard InChI is InChI=1S/C9H14O5/c1-6(4-8(11)13-2)7(10)5-9(12)14-3/h6H,4-5H2,1-3H3. The maximum Gasteiger partial charge on any atom is 0.313 e. The number of Topliss-reactive ketones (excluding diaryl/α,β-unsaturated/α-hetero) is 1. The average molecular weight is 202 g/mol. The number of carbonyl (C=O) groups is 3. The molecule has 0 aromatic rings. The lowest BCUT2D eigenvalue weighted by Crippen LogP contribution is -2.19. The highest BCUT2D eigenvalue weighted by molar-refractivity contribution is 5.97. The van der Waals surface area contributed by atoms with E-state index < -0.39 is 17.9 Å². The molecule has 0 aliphatic rings. The monoisotopic (exact) mass is 202 g/mol. The summed E-state index contributed by atoms with van der Waals surface area (Å²) in [5.74, 6) is -1.88. The van der Waals surface area contributed by atoms with Gasteiger partial charge in [-0.2, -0.15) is 0 Å². The number of carbonyl (C=O) groups excluding carboxylic acids is 3. The summed E-state index contributed by atoms with van der Waals surface area (Å²) in [5, 5.41) is 0. The minimum atomic E-state index is -0.591. The minimum absolute atomic E-state index is 0.00761. The van der Waals surface area contributed by atoms with Gasteiger partial charge in [0.25, 0.3) is 0 Å². The Balaban J connectivity index is 3.99. The number of hydrogen-bond acceptors (Lipinski definition) is 5. The van der Waals surface area contributed by atoms with E-state index in [1.54, 1.807) is 6.92 Å². The first-order chi connectivity index (χ1) is 6.51. The molecule has 0 N–H and O–H groups in total. The van der Waals surface area contributed by atoms with E-state index in [-0.39, 0.29) is 18.6 Å². The summed E-state index contributed by atoms with van der Waals surface area (Å²) in [5.41, 5.74) is 0. The molecule has 80 valence electrons. The SMILES string of the molecule is COC(=O)CC(=O)C(C)CC(=O)OC. The number of hydrogen-bond donors (Lipinski definition) is 0. The van der Waals surface area contributed by atoms with Gasteiger partial charge in [-0.15, -0.1) is 0 Å². The predicted molar refractivity (Wildman–Crippen MR) is 47.4 cm³/mol. The summed E-state index contributed by atoms with van der Waals surface area (Å²) in [4.78, 5) is 32.8. The van der Waals surface area contributed by atoms with Crippen molar-refractivity contribution in [2.75, 3.05) is 14.2 Å². The van der Waals surface area contributed by atoms with E-state index in [9.17, 15) is 14.4 Å². The Morgan fingerprint density at radius 1 is 1.07 bits per heavy atom. The predicted octanol–water partition coefficient (Wildman–Crippen LogP) is 0.318. The average Bonchev–Trinajstić information content (AvgIpc) is 2.17. The zero-order valence-corrected chi connectivity index (χ0v) is 8.53. The fourth-order valence-electron chi connectivity index (χ4n) is 0.836. The first kappa shape index (κ1) is 12.6. The molecule has 5 heteroatoms. The van der Waals surface area contributed by atoms with Crippen molar-refractivity contribution in [2.45, 2.75) is 19.8 Å². The van der Waals surface area contributed by atoms with Crippen LogP contribution in [0, 0.1) is 5.92 Å². The molecule has 0 amide bonds. The zero-order valence-electron chi connectivity index (χ0n) is 8.53. The molecule has 0 saturated heterocycles. The van der Waals surface area contributed by atoms with Gasteiger partial charge in [-0.25, -0.2) is 0 Å². The third-order valence-electron chi connectivity index (χ3n) is 1.80. The summed E-state index contributed by atoms with van der Waals surface area (Å²) in [7, 11) is 2.46. The van der Waals surface area contributed by atoms with Crippen molar-refractivity contribution >= 4 is 17.7 Å². The van der Waals surface area contributed by atoms with Crippen LogP contribution in [0.3, 0.4) is 0 Å². The Labute approximate surface area is 82.4 Å². The molecular weight excluding hydrogens is 188 g/mol. The molecule has 0 aliphatic heterocycles. The minimum Gasteiger partial charge on any atom is -0.469 e. The van der Waals surface area contributed by atoms with Gasteiger partial charge < -0.3 is 9.47 Å². The van der Waals surface area contributed by atoms with Crippen molar-refractivity contribution in [3.63, 3.8) is 0 Å². The van der Waals surface area contributed by atoms with Crippen molar-refractivity contribution < 1.29 is 23.9 Å². The van der Waals surface area contributed by atoms with Crippen LogP contribution in [0.5, 0.6) is 0 Å². The van der Waals surface area contributed by atoms with Crippen LogP contribution in [0.2, 0.25) is 0 Å². The largest absolute Gasteiger partial charge is 0.469 e. The van der Waals surface area contributed by atoms with Gasteiger partial charge in [0.1, 0.15) is 12.2 Å². The van der Waals surface area contributed by atoms with Gasteiger partial charge in [0, 0.05) is 5.92 Å². The van der Waals surface area contributed by atoms with Gasteiger partial charge >= 0.3 is 11.9 Å². The van der Waals surface area contributed by atoms with E-state index >= 15 is 0 Å². The van der Waals surface area contributed by atoms with E-state index in [0.717, 1.165) is 0 Å². The maximum absolute atomic E-state index is 11.3. The van der Waals surface area contributed by atoms with Crippen LogP contribution in [-0.4, -0.2) is 31.9 Å². The molecule has 0 fully saturated rings. The van der Waals surface area contributed by atoms with Crippen molar-refractivity contribution in [3.05, 3.63) is 0 Å². The Bertz CT molecular complexity index is 233. The van der Waals surface area contributed by atoms with Crippen LogP contribution < -0.4 is 0 Å². The highest BCUT2D eigenvalue weighted by Gasteiger charge is 2.20. The Kier molecular flexibility index (Phi) is 5.52. The van der Waals surface area contributed by atoms with Crippen LogP contribution in [0.15, 0.2) is 0 Å². The summed E-state index contributed by atoms with van der Waals surface area (Å²) in [6, 6.07) is 0. The van der Waals surface area contributed by atoms with Crippen LogP contribution in [0.1, 0.15) is 19.8 Å². The van der Waals surface area contributed by atoms with E-state index in [4.69, 9.17) is 0 Å². The number of ketones is 1. The van der Waals surface area contributed by atoms with Crippen molar-refractivity contribution in [1.29, 1.82) is 0 Å². The molecule has 1 atom stereocenters. The molecule has 1 unspecified atom stereocenters. The lowest BCUT2D eigenvalue weighted by atomic mass is 10.0. The van der Waals surface area contributed by atoms with Crippen molar-refractivity contribution in [2.24, 2.45) is 5.92 Å². The van der Waals surface area contributed by atoms with E-state index in [1.165, 1.54) is 14.2 Å². The molecule has 0 aromatic carbocycles. The highest BCUT2D eigenvalue weighted by atomic mass is 16.5. The Hall–Kier alpha value is -1.39. The van der Waals surface area contributed by atoms with Gasteiger partial charge in [-0.1, -0.05) is 6.92 Å². The third-order valence-corrected chi connectivity index (χ3v) is 1.80. The quantitative estimate of drug-likeness (QED) is 0.474. The molecule has 0 radical (unpaired) electrons. The fraction of sp³-hybridized carbons (Fsp3) is 0.667. The normalized spacial score (nSPS) is 11.6. The summed E-state index contributed by atoms with van der Waals surface area (Å²) in [6.45, 7) is 1.57. The van der Waals surface area contributed by atoms with Crippen LogP contribution in [-0.2, 0) is 23.9 Å². The van der Waals surface area contributed by atoms with E-state index in [1.807, 2.05) is 0 Å². The molecule has 0 bridgehead atoms. The molecule has 0 aliphatic carbocycles. The molecule has 0 heterocycles. The second kappa shape index (κ2) is 6.12. The molecule has 5 nitrogen and oxygen atoms in total. The Morgan fingerprint density at radius 3 is 2.00 bits per heavy atom. The third kappa shape index (κ3) is 4.59. The first-order valence-electron chi connectivity index (χ1n) is 4.17. The van der Waals surface area contributed by atoms with Gasteiger partial charge in [-0.3, -0.25) is 14.4 Å². The Morgan fingerprint density at radius 2 is 1.57 bits per heavy atom. The lowest BCUT2D eigenvalue weighted by molar-refractivity contribution is -0.147. The van der Waals surface area contributed by atoms with Crippen molar-refractivity contribution in [3.8, 4) is 0 Å². The molecule has 14 heavy (non-hydrogen) atoms. The van der Waals surface area contributed by atoms with Crippen LogP contribution in [0.25, 0.3) is 0 Å². The molecule has 0 spiro atoms. The zero-order chi connectivity index (χ0) is 11.1. The van der Waals surface area contributed by atoms with Gasteiger partial charge in [0.15, 0.2) is 0 Å². The van der Waals surface area contributed by atoms with Crippen LogP contribution in [0.4, 0.5) is 0 Å². The van der Waals surface area contributed by atoms with Gasteiger partial charge in [0.2, 0.25) is 0 Å². The topological polar surface area (TPSA) is 69.7 Å². The number of esters is 2. The smallest absolute Gasteiger partial charge is 0.313 e. The summed E-state index contributed by atoms with van der Waals surface area (Å²) in [6.07, 6.45) is -0.305. The molecule has 0 saturated carbocycles. The molecule has 0 aromatic heterocycles. The van der Waals surface area contributed by atoms with E-state index in [0.29, 0.717) is 0 Å². The second-order valence-electron chi connectivity index (χ2n) is 2.90. The summed E-state index contributed by atoms with van der Waals surface area (Å²) >= 11 is 0. The highest BCUT2D eigenvalue weighted by Crippen LogP contribution is 2.07.